The molecule has 226 valence electrons. The van der Waals surface area contributed by atoms with Crippen molar-refractivity contribution < 1.29 is 44.8 Å². The minimum Gasteiger partial charge on any atom is -0.390 e. The molecule has 10 heteroatoms. The number of aliphatic hydroxyl groups excluding tert-OH is 4. The van der Waals surface area contributed by atoms with Crippen molar-refractivity contribution in [3.05, 3.63) is 0 Å². The van der Waals surface area contributed by atoms with Gasteiger partial charge in [-0.3, -0.25) is 4.90 Å². The van der Waals surface area contributed by atoms with E-state index in [0.717, 1.165) is 19.4 Å². The van der Waals surface area contributed by atoms with E-state index in [1.807, 2.05) is 27.7 Å². The lowest BCUT2D eigenvalue weighted by atomic mass is 9.48. The largest absolute Gasteiger partial charge is 0.390 e. The maximum atomic E-state index is 12.3. The number of ether oxygens (including phenoxy) is 3. The van der Waals surface area contributed by atoms with Crippen LogP contribution in [0.4, 0.5) is 0 Å². The van der Waals surface area contributed by atoms with Gasteiger partial charge in [0.25, 0.3) is 0 Å². The van der Waals surface area contributed by atoms with E-state index in [-0.39, 0.29) is 17.9 Å². The first-order chi connectivity index (χ1) is 18.6. The number of rotatable bonds is 0. The molecule has 4 saturated carbocycles. The third-order valence-electron chi connectivity index (χ3n) is 13.6. The van der Waals surface area contributed by atoms with Crippen molar-refractivity contribution in [3.63, 3.8) is 0 Å². The summed E-state index contributed by atoms with van der Waals surface area (Å²) < 4.78 is 20.2. The van der Waals surface area contributed by atoms with E-state index >= 15 is 0 Å². The Bertz CT molecular complexity index is 1120. The van der Waals surface area contributed by atoms with Crippen molar-refractivity contribution in [1.82, 2.24) is 4.90 Å². The van der Waals surface area contributed by atoms with E-state index in [0.29, 0.717) is 31.7 Å². The van der Waals surface area contributed by atoms with Gasteiger partial charge in [0, 0.05) is 36.4 Å². The molecule has 0 aromatic rings. The van der Waals surface area contributed by atoms with Gasteiger partial charge in [0.15, 0.2) is 11.6 Å². The molecule has 4 heterocycles. The molecule has 4 aliphatic carbocycles. The third-order valence-corrected chi connectivity index (χ3v) is 13.6. The van der Waals surface area contributed by atoms with Gasteiger partial charge in [0.1, 0.15) is 17.8 Å². The van der Waals surface area contributed by atoms with Crippen molar-refractivity contribution in [1.29, 1.82) is 0 Å². The Balaban J connectivity index is 1.34. The maximum Gasteiger partial charge on any atom is 0.198 e. The number of aliphatic hydroxyl groups is 6. The Morgan fingerprint density at radius 1 is 0.825 bits per heavy atom. The highest BCUT2D eigenvalue weighted by atomic mass is 16.8. The Hall–Kier alpha value is -0.400. The van der Waals surface area contributed by atoms with Gasteiger partial charge in [0.2, 0.25) is 0 Å². The molecule has 4 aliphatic heterocycles. The topological polar surface area (TPSA) is 152 Å². The molecule has 2 spiro atoms. The first kappa shape index (κ1) is 27.2. The van der Waals surface area contributed by atoms with Crippen LogP contribution in [0.2, 0.25) is 0 Å². The quantitative estimate of drug-likeness (QED) is 0.236. The summed E-state index contributed by atoms with van der Waals surface area (Å²) in [6.07, 6.45) is -2.68. The molecular formula is C30H47NO9. The van der Waals surface area contributed by atoms with Crippen molar-refractivity contribution in [3.8, 4) is 0 Å². The number of hydrogen-bond acceptors (Lipinski definition) is 10. The first-order valence-electron chi connectivity index (χ1n) is 15.5. The van der Waals surface area contributed by atoms with Gasteiger partial charge in [-0.05, 0) is 70.6 Å². The van der Waals surface area contributed by atoms with Gasteiger partial charge in [-0.25, -0.2) is 0 Å². The summed E-state index contributed by atoms with van der Waals surface area (Å²) in [7, 11) is 0. The lowest BCUT2D eigenvalue weighted by Gasteiger charge is -2.63. The molecule has 0 unspecified atom stereocenters. The second-order valence-electron chi connectivity index (χ2n) is 15.9. The number of hydrogen-bond donors (Lipinski definition) is 6. The van der Waals surface area contributed by atoms with Gasteiger partial charge < -0.3 is 44.8 Å². The van der Waals surface area contributed by atoms with Gasteiger partial charge in [-0.15, -0.1) is 0 Å². The van der Waals surface area contributed by atoms with E-state index < -0.39 is 82.1 Å². The zero-order valence-electron chi connectivity index (χ0n) is 24.2. The summed E-state index contributed by atoms with van der Waals surface area (Å²) in [6, 6.07) is -0.0728. The second-order valence-corrected chi connectivity index (χ2v) is 15.9. The lowest BCUT2D eigenvalue weighted by molar-refractivity contribution is -0.288. The molecule has 17 atom stereocenters. The van der Waals surface area contributed by atoms with Crippen LogP contribution in [-0.2, 0) is 14.2 Å². The van der Waals surface area contributed by atoms with Crippen molar-refractivity contribution in [2.24, 2.45) is 40.9 Å². The predicted molar refractivity (Wildman–Crippen MR) is 139 cm³/mol. The fraction of sp³-hybridized carbons (Fsp3) is 1.00. The smallest absolute Gasteiger partial charge is 0.198 e. The van der Waals surface area contributed by atoms with E-state index in [1.54, 1.807) is 0 Å². The zero-order valence-corrected chi connectivity index (χ0v) is 24.2. The summed E-state index contributed by atoms with van der Waals surface area (Å²) in [5.41, 5.74) is -4.28. The average molecular weight is 566 g/mol. The van der Waals surface area contributed by atoms with Gasteiger partial charge >= 0.3 is 0 Å². The van der Waals surface area contributed by atoms with Gasteiger partial charge in [0.05, 0.1) is 35.4 Å². The summed E-state index contributed by atoms with van der Waals surface area (Å²) in [4.78, 5) is 2.39. The highest BCUT2D eigenvalue weighted by Gasteiger charge is 2.90. The molecule has 8 rings (SSSR count). The number of nitrogens with zero attached hydrogens (tertiary/aromatic N) is 1. The van der Waals surface area contributed by atoms with Crippen LogP contribution >= 0.6 is 0 Å². The van der Waals surface area contributed by atoms with Crippen LogP contribution in [0.15, 0.2) is 0 Å². The van der Waals surface area contributed by atoms with Crippen LogP contribution in [0.3, 0.4) is 0 Å². The first-order valence-corrected chi connectivity index (χ1v) is 15.5. The molecule has 8 aliphatic rings. The fourth-order valence-corrected chi connectivity index (χ4v) is 12.5. The van der Waals surface area contributed by atoms with Crippen LogP contribution in [-0.4, -0.2) is 114 Å². The highest BCUT2D eigenvalue weighted by molar-refractivity contribution is 5.36. The minimum absolute atomic E-state index is 0.0728. The van der Waals surface area contributed by atoms with Crippen molar-refractivity contribution in [2.45, 2.75) is 132 Å². The van der Waals surface area contributed by atoms with Gasteiger partial charge in [-0.2, -0.15) is 0 Å². The van der Waals surface area contributed by atoms with E-state index in [4.69, 9.17) is 14.2 Å². The molecule has 6 N–H and O–H groups in total. The SMILES string of the molecule is C[C@H]1CC[C@@H]2N(C1)C[C@@H]1[C@H]([C@@H](O)[C@@H]3OC(C)(C)O[C@]34[C@H]1C[C@]13O[C@@]5(O)[C@@H]([C@@H](O)[C@@H](O)[C@@H]41)[C@]3(C)CC[C@@H]5O)[C@]2(C)O. The Morgan fingerprint density at radius 2 is 1.52 bits per heavy atom. The molecule has 0 amide bonds. The minimum atomic E-state index is -2.00. The number of fused-ring (bicyclic) bond motifs is 3. The number of piperidine rings is 2. The normalized spacial score (nSPS) is 67.0. The third kappa shape index (κ3) is 2.74. The Kier molecular flexibility index (Phi) is 5.18. The molecule has 40 heavy (non-hydrogen) atoms. The fourth-order valence-electron chi connectivity index (χ4n) is 12.5. The summed E-state index contributed by atoms with van der Waals surface area (Å²) in [5, 5.41) is 71.0. The summed E-state index contributed by atoms with van der Waals surface area (Å²) in [5.74, 6) is -5.26. The second kappa shape index (κ2) is 7.62. The monoisotopic (exact) mass is 565 g/mol. The van der Waals surface area contributed by atoms with Crippen LogP contribution in [0.1, 0.15) is 66.7 Å². The van der Waals surface area contributed by atoms with Crippen LogP contribution < -0.4 is 0 Å². The molecular weight excluding hydrogens is 518 g/mol. The van der Waals surface area contributed by atoms with Crippen LogP contribution in [0.25, 0.3) is 0 Å². The van der Waals surface area contributed by atoms with Crippen molar-refractivity contribution in [2.75, 3.05) is 13.1 Å². The van der Waals surface area contributed by atoms with E-state index in [9.17, 15) is 30.6 Å². The molecule has 4 saturated heterocycles. The Morgan fingerprint density at radius 3 is 2.25 bits per heavy atom. The molecule has 8 fully saturated rings. The average Bonchev–Trinajstić information content (AvgIpc) is 3.33. The van der Waals surface area contributed by atoms with Gasteiger partial charge in [-0.1, -0.05) is 13.8 Å². The predicted octanol–water partition coefficient (Wildman–Crippen LogP) is -0.0450. The van der Waals surface area contributed by atoms with Crippen LogP contribution in [0.5, 0.6) is 0 Å². The Labute approximate surface area is 235 Å². The molecule has 0 aromatic heterocycles. The maximum absolute atomic E-state index is 12.3. The summed E-state index contributed by atoms with van der Waals surface area (Å²) >= 11 is 0. The highest BCUT2D eigenvalue weighted by Crippen LogP contribution is 2.78. The van der Waals surface area contributed by atoms with Crippen molar-refractivity contribution >= 4 is 0 Å². The summed E-state index contributed by atoms with van der Waals surface area (Å²) in [6.45, 7) is 11.3. The molecule has 0 aromatic carbocycles. The molecule has 0 radical (unpaired) electrons. The molecule has 10 nitrogen and oxygen atoms in total. The lowest BCUT2D eigenvalue weighted by Crippen LogP contribution is -2.76. The van der Waals surface area contributed by atoms with Crippen LogP contribution in [0, 0.1) is 40.9 Å². The van der Waals surface area contributed by atoms with E-state index in [1.165, 1.54) is 0 Å². The zero-order chi connectivity index (χ0) is 28.6. The standard InChI is InChI=1S/C30H47NO9/c1-13-6-7-16-27(5,36)18-14(12-31(16)11-13)15-10-28-23(29(15)24(19(18)33)38-25(2,3)39-29)21(35)20(34)22-26(28,4)9-8-17(32)30(22,37)40-28/h13-24,32-37H,6-12H2,1-5H3/t13-,14-,15-,16-,17-,18+,19+,20-,21+,22-,23+,24-,26-,27+,28-,29-,30+/m0/s1. The molecule has 4 bridgehead atoms. The van der Waals surface area contributed by atoms with E-state index in [2.05, 4.69) is 11.8 Å².